The van der Waals surface area contributed by atoms with Gasteiger partial charge in [-0.3, -0.25) is 10.8 Å². The van der Waals surface area contributed by atoms with E-state index in [0.29, 0.717) is 66.4 Å². The van der Waals surface area contributed by atoms with E-state index in [9.17, 15) is 0 Å². The van der Waals surface area contributed by atoms with E-state index in [1.165, 1.54) is 6.33 Å². The Morgan fingerprint density at radius 1 is 1.16 bits per heavy atom. The second-order valence-corrected chi connectivity index (χ2v) is 8.05. The monoisotopic (exact) mass is 419 g/mol. The van der Waals surface area contributed by atoms with Gasteiger partial charge in [0.15, 0.2) is 11.2 Å². The first kappa shape index (κ1) is 19.5. The first-order valence-electron chi connectivity index (χ1n) is 10.7. The average Bonchev–Trinajstić information content (AvgIpc) is 3.56. The van der Waals surface area contributed by atoms with Crippen LogP contribution in [-0.4, -0.2) is 58.7 Å². The zero-order valence-corrected chi connectivity index (χ0v) is 17.7. The van der Waals surface area contributed by atoms with E-state index in [2.05, 4.69) is 19.9 Å². The molecule has 0 bridgehead atoms. The van der Waals surface area contributed by atoms with Crippen LogP contribution in [0.3, 0.4) is 0 Å². The van der Waals surface area contributed by atoms with Crippen molar-refractivity contribution in [2.45, 2.75) is 52.2 Å². The number of nitrogens with one attached hydrogen (secondary N) is 2. The van der Waals surface area contributed by atoms with Crippen LogP contribution in [-0.2, 0) is 6.54 Å². The number of hydrogen-bond acceptors (Lipinski definition) is 8. The molecule has 2 aliphatic rings. The van der Waals surface area contributed by atoms with Gasteiger partial charge in [-0.2, -0.15) is 4.98 Å². The predicted octanol–water partition coefficient (Wildman–Crippen LogP) is 2.82. The molecule has 10 heteroatoms. The highest BCUT2D eigenvalue weighted by Crippen LogP contribution is 2.33. The molecule has 1 aliphatic carbocycles. The molecule has 1 saturated heterocycles. The molecule has 31 heavy (non-hydrogen) atoms. The van der Waals surface area contributed by atoms with Crippen molar-refractivity contribution in [1.29, 1.82) is 10.8 Å². The van der Waals surface area contributed by atoms with Crippen molar-refractivity contribution in [2.75, 3.05) is 6.54 Å². The third-order valence-electron chi connectivity index (χ3n) is 5.80. The lowest BCUT2D eigenvalue weighted by atomic mass is 10.1. The Labute approximate surface area is 179 Å². The summed E-state index contributed by atoms with van der Waals surface area (Å²) in [5.41, 5.74) is 2.12. The first-order valence-corrected chi connectivity index (χ1v) is 10.7. The van der Waals surface area contributed by atoms with Crippen molar-refractivity contribution in [3.8, 4) is 17.3 Å². The Morgan fingerprint density at radius 3 is 2.65 bits per heavy atom. The van der Waals surface area contributed by atoms with Gasteiger partial charge in [0.1, 0.15) is 35.8 Å². The molecule has 4 heterocycles. The molecule has 3 aromatic rings. The molecule has 0 spiro atoms. The van der Waals surface area contributed by atoms with Crippen LogP contribution in [0.1, 0.15) is 38.4 Å². The fraction of sp³-hybridized carbons (Fsp3) is 0.476. The molecule has 1 aliphatic heterocycles. The minimum Gasteiger partial charge on any atom is -0.471 e. The second kappa shape index (κ2) is 7.68. The van der Waals surface area contributed by atoms with Gasteiger partial charge in [-0.25, -0.2) is 19.9 Å². The van der Waals surface area contributed by atoms with Crippen LogP contribution in [0.4, 0.5) is 0 Å². The van der Waals surface area contributed by atoms with Gasteiger partial charge in [-0.1, -0.05) is 0 Å². The summed E-state index contributed by atoms with van der Waals surface area (Å²) < 4.78 is 8.28. The van der Waals surface area contributed by atoms with E-state index >= 15 is 0 Å². The molecule has 5 rings (SSSR count). The largest absolute Gasteiger partial charge is 0.471 e. The van der Waals surface area contributed by atoms with Gasteiger partial charge >= 0.3 is 0 Å². The minimum atomic E-state index is -0.163. The normalized spacial score (nSPS) is 19.1. The molecule has 2 fully saturated rings. The molecule has 0 radical (unpaired) electrons. The van der Waals surface area contributed by atoms with Crippen LogP contribution in [0.15, 0.2) is 18.7 Å². The predicted molar refractivity (Wildman–Crippen MR) is 115 cm³/mol. The van der Waals surface area contributed by atoms with Crippen LogP contribution in [0.2, 0.25) is 0 Å². The van der Waals surface area contributed by atoms with Crippen molar-refractivity contribution in [3.05, 3.63) is 24.5 Å². The van der Waals surface area contributed by atoms with E-state index in [0.717, 1.165) is 24.2 Å². The molecular formula is C21H25N9O. The Morgan fingerprint density at radius 2 is 1.94 bits per heavy atom. The van der Waals surface area contributed by atoms with Crippen molar-refractivity contribution in [3.63, 3.8) is 0 Å². The first-order chi connectivity index (χ1) is 15.0. The third-order valence-corrected chi connectivity index (χ3v) is 5.80. The van der Waals surface area contributed by atoms with Gasteiger partial charge in [0.05, 0.1) is 12.1 Å². The lowest BCUT2D eigenvalue weighted by molar-refractivity contribution is 0.157. The highest BCUT2D eigenvalue weighted by molar-refractivity contribution is 6.00. The number of fused-ring (bicyclic) bond motifs is 1. The molecule has 10 nitrogen and oxygen atoms in total. The van der Waals surface area contributed by atoms with Crippen LogP contribution >= 0.6 is 0 Å². The van der Waals surface area contributed by atoms with E-state index in [-0.39, 0.29) is 6.10 Å². The minimum absolute atomic E-state index is 0.163. The average molecular weight is 419 g/mol. The fourth-order valence-electron chi connectivity index (χ4n) is 3.94. The van der Waals surface area contributed by atoms with Gasteiger partial charge in [0.2, 0.25) is 5.88 Å². The number of amidine groups is 2. The summed E-state index contributed by atoms with van der Waals surface area (Å²) in [6.45, 7) is 5.06. The van der Waals surface area contributed by atoms with Crippen LogP contribution in [0.5, 0.6) is 5.88 Å². The molecule has 3 aromatic heterocycles. The van der Waals surface area contributed by atoms with E-state index < -0.39 is 0 Å². The number of nitrogens with zero attached hydrogens (tertiary/aromatic N) is 7. The van der Waals surface area contributed by atoms with Gasteiger partial charge in [0.25, 0.3) is 0 Å². The van der Waals surface area contributed by atoms with Crippen molar-refractivity contribution < 1.29 is 4.74 Å². The summed E-state index contributed by atoms with van der Waals surface area (Å²) in [5.74, 6) is 3.21. The summed E-state index contributed by atoms with van der Waals surface area (Å²) >= 11 is 0. The number of rotatable bonds is 5. The summed E-state index contributed by atoms with van der Waals surface area (Å²) in [6, 6.07) is 0. The summed E-state index contributed by atoms with van der Waals surface area (Å²) in [4.78, 5) is 24.0. The smallest absolute Gasteiger partial charge is 0.245 e. The number of ether oxygens (including phenoxy) is 1. The summed E-state index contributed by atoms with van der Waals surface area (Å²) in [6.07, 6.45) is 8.24. The van der Waals surface area contributed by atoms with Crippen LogP contribution in [0.25, 0.3) is 22.6 Å². The van der Waals surface area contributed by atoms with E-state index in [1.807, 2.05) is 18.4 Å². The van der Waals surface area contributed by atoms with E-state index in [1.54, 1.807) is 17.3 Å². The lowest BCUT2D eigenvalue weighted by Gasteiger charge is -2.34. The maximum atomic E-state index is 8.37. The molecular weight excluding hydrogens is 394 g/mol. The van der Waals surface area contributed by atoms with Gasteiger partial charge in [-0.15, -0.1) is 0 Å². The van der Waals surface area contributed by atoms with Gasteiger partial charge < -0.3 is 14.2 Å². The molecule has 2 N–H and O–H groups in total. The molecule has 0 amide bonds. The summed E-state index contributed by atoms with van der Waals surface area (Å²) in [5, 5.41) is 16.6. The quantitative estimate of drug-likeness (QED) is 0.480. The Bertz CT molecular complexity index is 1150. The number of hydrogen-bond donors (Lipinski definition) is 2. The molecule has 1 atom stereocenters. The highest BCUT2D eigenvalue weighted by atomic mass is 16.5. The number of piperidine rings is 1. The highest BCUT2D eigenvalue weighted by Gasteiger charge is 2.35. The number of imidazole rings is 1. The summed E-state index contributed by atoms with van der Waals surface area (Å²) in [7, 11) is 0. The standard InChI is InChI=1S/C21H25N9O/c1-3-29-19(14-8-24-12(2)25-9-14)28-17-20(29)26-11-27-21(17)31-15-6-7-16(22)30(10-15)18(23)13-4-5-13/h8-9,11,13,15,22-23H,3-7,10H2,1-2H3. The maximum Gasteiger partial charge on any atom is 0.245 e. The Hall–Kier alpha value is -3.43. The topological polar surface area (TPSA) is 130 Å². The van der Waals surface area contributed by atoms with Gasteiger partial charge in [0, 0.05) is 31.3 Å². The number of aryl methyl sites for hydroxylation is 2. The fourth-order valence-corrected chi connectivity index (χ4v) is 3.94. The molecule has 0 aromatic carbocycles. The lowest BCUT2D eigenvalue weighted by Crippen LogP contribution is -2.48. The van der Waals surface area contributed by atoms with Gasteiger partial charge in [-0.05, 0) is 33.1 Å². The number of likely N-dealkylation sites (tertiary alicyclic amines) is 1. The third kappa shape index (κ3) is 3.62. The van der Waals surface area contributed by atoms with E-state index in [4.69, 9.17) is 20.5 Å². The van der Waals surface area contributed by atoms with Crippen molar-refractivity contribution in [1.82, 2.24) is 34.4 Å². The Balaban J connectivity index is 1.45. The molecule has 160 valence electrons. The van der Waals surface area contributed by atoms with Crippen LogP contribution < -0.4 is 4.74 Å². The Kier molecular flexibility index (Phi) is 4.84. The molecule has 1 unspecified atom stereocenters. The van der Waals surface area contributed by atoms with Crippen molar-refractivity contribution >= 4 is 22.8 Å². The second-order valence-electron chi connectivity index (χ2n) is 8.05. The number of aromatic nitrogens is 6. The SMILES string of the molecule is CCn1c(-c2cnc(C)nc2)nc2c(OC3CCC(=N)N(C(=N)C4CC4)C3)ncnc21. The van der Waals surface area contributed by atoms with Crippen LogP contribution in [0, 0.1) is 23.7 Å². The zero-order valence-electron chi connectivity index (χ0n) is 17.7. The maximum absolute atomic E-state index is 8.37. The molecule has 1 saturated carbocycles. The zero-order chi connectivity index (χ0) is 21.5. The van der Waals surface area contributed by atoms with Crippen molar-refractivity contribution in [2.24, 2.45) is 5.92 Å².